The summed E-state index contributed by atoms with van der Waals surface area (Å²) in [6, 6.07) is 10.6. The van der Waals surface area contributed by atoms with E-state index in [0.717, 1.165) is 17.2 Å². The van der Waals surface area contributed by atoms with Gasteiger partial charge in [0.05, 0.1) is 5.56 Å². The van der Waals surface area contributed by atoms with Crippen LogP contribution in [0.5, 0.6) is 5.75 Å². The highest BCUT2D eigenvalue weighted by Gasteiger charge is 2.26. The quantitative estimate of drug-likeness (QED) is 0.860. The van der Waals surface area contributed by atoms with E-state index in [1.54, 1.807) is 4.90 Å². The molecule has 0 spiro atoms. The van der Waals surface area contributed by atoms with E-state index in [2.05, 4.69) is 0 Å². The average molecular weight is 343 g/mol. The summed E-state index contributed by atoms with van der Waals surface area (Å²) in [5.74, 6) is -0.641. The number of carbonyl (C=O) groups excluding carboxylic acids is 1. The van der Waals surface area contributed by atoms with Crippen molar-refractivity contribution in [1.29, 1.82) is 0 Å². The summed E-state index contributed by atoms with van der Waals surface area (Å²) in [4.78, 5) is 14.5. The summed E-state index contributed by atoms with van der Waals surface area (Å²) in [5, 5.41) is 10.2. The number of hydrogen-bond donors (Lipinski definition) is 1. The van der Waals surface area contributed by atoms with Crippen molar-refractivity contribution < 1.29 is 18.7 Å². The summed E-state index contributed by atoms with van der Waals surface area (Å²) < 4.78 is 25.3. The standard InChI is InChI=1S/C20H19F2NO2/c1-12(2)16-9-17(18(24)7-15(16)8-19(21)22)20(25)23-10-13-5-3-4-6-14(13)11-23/h3-9,12,24H,10-11H2,1-2H3. The highest BCUT2D eigenvalue weighted by Crippen LogP contribution is 2.32. The maximum absolute atomic E-state index is 12.8. The number of carbonyl (C=O) groups is 1. The molecule has 1 amide bonds. The summed E-state index contributed by atoms with van der Waals surface area (Å²) in [5.41, 5.74) is 3.14. The van der Waals surface area contributed by atoms with Gasteiger partial charge in [0, 0.05) is 19.2 Å². The van der Waals surface area contributed by atoms with E-state index in [4.69, 9.17) is 0 Å². The molecule has 0 radical (unpaired) electrons. The lowest BCUT2D eigenvalue weighted by molar-refractivity contribution is 0.0748. The van der Waals surface area contributed by atoms with Gasteiger partial charge in [0.2, 0.25) is 0 Å². The molecule has 1 aliphatic rings. The highest BCUT2D eigenvalue weighted by molar-refractivity contribution is 5.97. The molecule has 3 nitrogen and oxygen atoms in total. The summed E-state index contributed by atoms with van der Waals surface area (Å²) in [7, 11) is 0. The molecule has 1 N–H and O–H groups in total. The number of phenols is 1. The number of amides is 1. The number of nitrogens with zero attached hydrogens (tertiary/aromatic N) is 1. The third-order valence-corrected chi connectivity index (χ3v) is 4.45. The Balaban J connectivity index is 1.96. The Morgan fingerprint density at radius 1 is 1.16 bits per heavy atom. The molecule has 130 valence electrons. The summed E-state index contributed by atoms with van der Waals surface area (Å²) in [6.07, 6.45) is -1.12. The van der Waals surface area contributed by atoms with Crippen molar-refractivity contribution in [2.75, 3.05) is 0 Å². The summed E-state index contributed by atoms with van der Waals surface area (Å²) in [6.45, 7) is 4.68. The lowest BCUT2D eigenvalue weighted by Crippen LogP contribution is -2.25. The van der Waals surface area contributed by atoms with E-state index < -0.39 is 6.08 Å². The van der Waals surface area contributed by atoms with Gasteiger partial charge in [-0.05, 0) is 40.3 Å². The molecule has 2 aromatic carbocycles. The minimum Gasteiger partial charge on any atom is -0.507 e. The number of aromatic hydroxyl groups is 1. The predicted molar refractivity (Wildman–Crippen MR) is 92.4 cm³/mol. The van der Waals surface area contributed by atoms with Crippen LogP contribution in [0.25, 0.3) is 6.08 Å². The van der Waals surface area contributed by atoms with Gasteiger partial charge in [-0.2, -0.15) is 8.78 Å². The predicted octanol–water partition coefficient (Wildman–Crippen LogP) is 4.91. The molecular weight excluding hydrogens is 324 g/mol. The average Bonchev–Trinajstić information content (AvgIpc) is 2.97. The first kappa shape index (κ1) is 17.1. The maximum atomic E-state index is 12.8. The Labute approximate surface area is 145 Å². The first-order valence-corrected chi connectivity index (χ1v) is 8.12. The first-order chi connectivity index (χ1) is 11.9. The van der Waals surface area contributed by atoms with Crippen LogP contribution in [0.2, 0.25) is 0 Å². The second-order valence-corrected chi connectivity index (χ2v) is 6.52. The van der Waals surface area contributed by atoms with Crippen molar-refractivity contribution in [3.63, 3.8) is 0 Å². The zero-order chi connectivity index (χ0) is 18.1. The molecule has 2 aromatic rings. The van der Waals surface area contributed by atoms with Crippen LogP contribution in [0.15, 0.2) is 42.5 Å². The van der Waals surface area contributed by atoms with Crippen LogP contribution >= 0.6 is 0 Å². The van der Waals surface area contributed by atoms with Crippen LogP contribution in [0.3, 0.4) is 0 Å². The molecule has 0 saturated heterocycles. The fraction of sp³-hybridized carbons (Fsp3) is 0.250. The Bertz CT molecular complexity index is 830. The Kier molecular flexibility index (Phi) is 4.57. The molecule has 0 aromatic heterocycles. The second kappa shape index (κ2) is 6.67. The lowest BCUT2D eigenvalue weighted by atomic mass is 9.94. The van der Waals surface area contributed by atoms with Crippen molar-refractivity contribution in [2.45, 2.75) is 32.9 Å². The van der Waals surface area contributed by atoms with Gasteiger partial charge in [-0.3, -0.25) is 4.79 Å². The third kappa shape index (κ3) is 3.40. The Morgan fingerprint density at radius 3 is 2.28 bits per heavy atom. The topological polar surface area (TPSA) is 40.5 Å². The minimum absolute atomic E-state index is 0.0616. The smallest absolute Gasteiger partial charge is 0.270 e. The molecule has 1 heterocycles. The second-order valence-electron chi connectivity index (χ2n) is 6.52. The molecule has 0 aliphatic carbocycles. The van der Waals surface area contributed by atoms with Crippen LogP contribution in [0, 0.1) is 0 Å². The molecule has 3 rings (SSSR count). The third-order valence-electron chi connectivity index (χ3n) is 4.45. The van der Waals surface area contributed by atoms with Gasteiger partial charge in [0.15, 0.2) is 0 Å². The van der Waals surface area contributed by atoms with E-state index in [9.17, 15) is 18.7 Å². The van der Waals surface area contributed by atoms with Crippen LogP contribution in [0.1, 0.15) is 52.4 Å². The van der Waals surface area contributed by atoms with Gasteiger partial charge < -0.3 is 10.0 Å². The van der Waals surface area contributed by atoms with Gasteiger partial charge in [0.1, 0.15) is 5.75 Å². The zero-order valence-electron chi connectivity index (χ0n) is 14.1. The largest absolute Gasteiger partial charge is 0.507 e. The van der Waals surface area contributed by atoms with E-state index >= 15 is 0 Å². The zero-order valence-corrected chi connectivity index (χ0v) is 14.1. The molecule has 0 saturated carbocycles. The molecule has 0 bridgehead atoms. The SMILES string of the molecule is CC(C)c1cc(C(=O)N2Cc3ccccc3C2)c(O)cc1C=C(F)F. The van der Waals surface area contributed by atoms with Crippen LogP contribution < -0.4 is 0 Å². The van der Waals surface area contributed by atoms with Crippen molar-refractivity contribution in [3.8, 4) is 5.75 Å². The van der Waals surface area contributed by atoms with Crippen molar-refractivity contribution in [2.24, 2.45) is 0 Å². The fourth-order valence-corrected chi connectivity index (χ4v) is 3.18. The summed E-state index contributed by atoms with van der Waals surface area (Å²) >= 11 is 0. The first-order valence-electron chi connectivity index (χ1n) is 8.12. The number of benzene rings is 2. The van der Waals surface area contributed by atoms with Crippen molar-refractivity contribution >= 4 is 12.0 Å². The Hall–Kier alpha value is -2.69. The van der Waals surface area contributed by atoms with Crippen LogP contribution in [-0.4, -0.2) is 15.9 Å². The van der Waals surface area contributed by atoms with E-state index in [1.165, 1.54) is 12.1 Å². The van der Waals surface area contributed by atoms with Crippen molar-refractivity contribution in [1.82, 2.24) is 4.90 Å². The minimum atomic E-state index is -1.84. The maximum Gasteiger partial charge on any atom is 0.270 e. The lowest BCUT2D eigenvalue weighted by Gasteiger charge is -2.19. The van der Waals surface area contributed by atoms with Crippen LogP contribution in [0.4, 0.5) is 8.78 Å². The Morgan fingerprint density at radius 2 is 1.76 bits per heavy atom. The van der Waals surface area contributed by atoms with E-state index in [-0.39, 0.29) is 28.7 Å². The molecule has 25 heavy (non-hydrogen) atoms. The van der Waals surface area contributed by atoms with Gasteiger partial charge in [-0.15, -0.1) is 0 Å². The van der Waals surface area contributed by atoms with E-state index in [0.29, 0.717) is 18.7 Å². The number of halogens is 2. The molecule has 0 fully saturated rings. The van der Waals surface area contributed by atoms with Gasteiger partial charge >= 0.3 is 0 Å². The van der Waals surface area contributed by atoms with Crippen LogP contribution in [-0.2, 0) is 13.1 Å². The van der Waals surface area contributed by atoms with Gasteiger partial charge in [-0.25, -0.2) is 0 Å². The number of phenolic OH excluding ortho intramolecular Hbond substituents is 1. The molecule has 0 atom stereocenters. The molecule has 5 heteroatoms. The molecular formula is C20H19F2NO2. The normalized spacial score (nSPS) is 13.1. The monoisotopic (exact) mass is 343 g/mol. The van der Waals surface area contributed by atoms with Gasteiger partial charge in [-0.1, -0.05) is 38.1 Å². The van der Waals surface area contributed by atoms with Gasteiger partial charge in [0.25, 0.3) is 12.0 Å². The van der Waals surface area contributed by atoms with Crippen molar-refractivity contribution in [3.05, 3.63) is 70.3 Å². The molecule has 1 aliphatic heterocycles. The number of rotatable bonds is 3. The fourth-order valence-electron chi connectivity index (χ4n) is 3.18. The molecule has 0 unspecified atom stereocenters. The highest BCUT2D eigenvalue weighted by atomic mass is 19.3. The van der Waals surface area contributed by atoms with E-state index in [1.807, 2.05) is 38.1 Å². The number of fused-ring (bicyclic) bond motifs is 1. The number of hydrogen-bond acceptors (Lipinski definition) is 2.